The van der Waals surface area contributed by atoms with Crippen LogP contribution in [-0.4, -0.2) is 52.8 Å². The Kier molecular flexibility index (Phi) is 4.54. The van der Waals surface area contributed by atoms with Crippen LogP contribution in [0.3, 0.4) is 0 Å². The molecule has 0 unspecified atom stereocenters. The van der Waals surface area contributed by atoms with Crippen molar-refractivity contribution < 1.29 is 4.39 Å². The Morgan fingerprint density at radius 2 is 1.91 bits per heavy atom. The molecule has 0 saturated carbocycles. The second-order valence-corrected chi connectivity index (χ2v) is 6.09. The smallest absolute Gasteiger partial charge is 0.276 e. The second kappa shape index (κ2) is 6.60. The minimum Gasteiger partial charge on any atom is -0.304 e. The zero-order chi connectivity index (χ0) is 16.4. The Bertz CT molecular complexity index is 750. The quantitative estimate of drug-likeness (QED) is 0.859. The Morgan fingerprint density at radius 1 is 1.17 bits per heavy atom. The van der Waals surface area contributed by atoms with Crippen molar-refractivity contribution in [3.8, 4) is 5.69 Å². The van der Waals surface area contributed by atoms with Crippen LogP contribution in [0.1, 0.15) is 11.1 Å². The van der Waals surface area contributed by atoms with Crippen LogP contribution in [0.5, 0.6) is 0 Å². The average Bonchev–Trinajstić information content (AvgIpc) is 2.54. The molecular formula is C17H21FN4O. The molecule has 0 atom stereocenters. The van der Waals surface area contributed by atoms with Gasteiger partial charge in [-0.15, -0.1) is 0 Å². The van der Waals surface area contributed by atoms with Gasteiger partial charge in [-0.3, -0.25) is 9.69 Å². The SMILES string of the molecule is Cc1cc(-n2nccc(CN3CCN(C)CC3)c2=O)ccc1F. The number of aryl methyl sites for hydroxylation is 1. The van der Waals surface area contributed by atoms with Crippen molar-refractivity contribution in [2.75, 3.05) is 33.2 Å². The lowest BCUT2D eigenvalue weighted by Gasteiger charge is -2.32. The number of hydrogen-bond donors (Lipinski definition) is 0. The summed E-state index contributed by atoms with van der Waals surface area (Å²) >= 11 is 0. The van der Waals surface area contributed by atoms with Gasteiger partial charge in [0.05, 0.1) is 5.69 Å². The van der Waals surface area contributed by atoms with Gasteiger partial charge >= 0.3 is 0 Å². The Balaban J connectivity index is 1.86. The maximum absolute atomic E-state index is 13.4. The van der Waals surface area contributed by atoms with Gasteiger partial charge in [0, 0.05) is 44.5 Å². The number of rotatable bonds is 3. The molecule has 0 spiro atoms. The van der Waals surface area contributed by atoms with E-state index in [0.29, 0.717) is 23.4 Å². The predicted molar refractivity (Wildman–Crippen MR) is 87.3 cm³/mol. The lowest BCUT2D eigenvalue weighted by atomic mass is 10.2. The standard InChI is InChI=1S/C17H21FN4O/c1-13-11-15(3-4-16(13)18)22-17(23)14(5-6-19-22)12-21-9-7-20(2)8-10-21/h3-6,11H,7-10,12H2,1-2H3. The number of halogens is 1. The summed E-state index contributed by atoms with van der Waals surface area (Å²) in [4.78, 5) is 17.2. The van der Waals surface area contributed by atoms with Crippen molar-refractivity contribution in [1.29, 1.82) is 0 Å². The normalized spacial score (nSPS) is 16.7. The molecule has 0 aliphatic carbocycles. The lowest BCUT2D eigenvalue weighted by molar-refractivity contribution is 0.147. The third-order valence-electron chi connectivity index (χ3n) is 4.30. The van der Waals surface area contributed by atoms with Crippen LogP contribution in [0.2, 0.25) is 0 Å². The third-order valence-corrected chi connectivity index (χ3v) is 4.30. The maximum Gasteiger partial charge on any atom is 0.276 e. The Hall–Kier alpha value is -2.05. The summed E-state index contributed by atoms with van der Waals surface area (Å²) in [5.41, 5.74) is 1.67. The van der Waals surface area contributed by atoms with E-state index in [0.717, 1.165) is 26.2 Å². The molecule has 0 N–H and O–H groups in total. The Morgan fingerprint density at radius 3 is 2.61 bits per heavy atom. The molecule has 1 aromatic carbocycles. The molecular weight excluding hydrogens is 295 g/mol. The van der Waals surface area contributed by atoms with Gasteiger partial charge in [-0.25, -0.2) is 4.39 Å². The first-order chi connectivity index (χ1) is 11.0. The molecule has 1 aliphatic rings. The molecule has 6 heteroatoms. The predicted octanol–water partition coefficient (Wildman–Crippen LogP) is 1.43. The molecule has 1 aliphatic heterocycles. The monoisotopic (exact) mass is 316 g/mol. The maximum atomic E-state index is 13.4. The summed E-state index contributed by atoms with van der Waals surface area (Å²) < 4.78 is 14.8. The summed E-state index contributed by atoms with van der Waals surface area (Å²) in [6, 6.07) is 6.36. The molecule has 5 nitrogen and oxygen atoms in total. The highest BCUT2D eigenvalue weighted by atomic mass is 19.1. The van der Waals surface area contributed by atoms with E-state index in [9.17, 15) is 9.18 Å². The third kappa shape index (κ3) is 3.48. The van der Waals surface area contributed by atoms with E-state index >= 15 is 0 Å². The van der Waals surface area contributed by atoms with Gasteiger partial charge in [0.1, 0.15) is 5.82 Å². The van der Waals surface area contributed by atoms with Gasteiger partial charge < -0.3 is 4.90 Å². The molecule has 0 amide bonds. The zero-order valence-corrected chi connectivity index (χ0v) is 13.5. The fraction of sp³-hybridized carbons (Fsp3) is 0.412. The van der Waals surface area contributed by atoms with Crippen molar-refractivity contribution in [2.45, 2.75) is 13.5 Å². The number of likely N-dealkylation sites (N-methyl/N-ethyl adjacent to an activating group) is 1. The number of aromatic nitrogens is 2. The van der Waals surface area contributed by atoms with E-state index in [2.05, 4.69) is 21.9 Å². The molecule has 2 aromatic rings. The van der Waals surface area contributed by atoms with Crippen LogP contribution in [0.15, 0.2) is 35.3 Å². The number of benzene rings is 1. The van der Waals surface area contributed by atoms with Crippen molar-refractivity contribution in [2.24, 2.45) is 0 Å². The van der Waals surface area contributed by atoms with Gasteiger partial charge in [-0.05, 0) is 43.8 Å². The first kappa shape index (κ1) is 15.8. The number of hydrogen-bond acceptors (Lipinski definition) is 4. The van der Waals surface area contributed by atoms with Gasteiger partial charge in [0.25, 0.3) is 5.56 Å². The topological polar surface area (TPSA) is 41.4 Å². The molecule has 0 bridgehead atoms. The second-order valence-electron chi connectivity index (χ2n) is 6.09. The molecule has 1 saturated heterocycles. The van der Waals surface area contributed by atoms with Gasteiger partial charge in [0.2, 0.25) is 0 Å². The highest BCUT2D eigenvalue weighted by Gasteiger charge is 2.16. The van der Waals surface area contributed by atoms with Gasteiger partial charge in [-0.1, -0.05) is 0 Å². The summed E-state index contributed by atoms with van der Waals surface area (Å²) in [5, 5.41) is 4.14. The fourth-order valence-corrected chi connectivity index (χ4v) is 2.76. The van der Waals surface area contributed by atoms with Crippen LogP contribution in [0, 0.1) is 12.7 Å². The zero-order valence-electron chi connectivity index (χ0n) is 13.5. The van der Waals surface area contributed by atoms with Crippen LogP contribution in [-0.2, 0) is 6.54 Å². The van der Waals surface area contributed by atoms with E-state index in [1.54, 1.807) is 31.3 Å². The van der Waals surface area contributed by atoms with Crippen molar-refractivity contribution in [1.82, 2.24) is 19.6 Å². The molecule has 2 heterocycles. The van der Waals surface area contributed by atoms with E-state index in [4.69, 9.17) is 0 Å². The Labute approximate surface area is 135 Å². The molecule has 122 valence electrons. The lowest BCUT2D eigenvalue weighted by Crippen LogP contribution is -2.44. The number of piperazine rings is 1. The summed E-state index contributed by atoms with van der Waals surface area (Å²) in [6.45, 7) is 6.22. The van der Waals surface area contributed by atoms with Crippen molar-refractivity contribution in [3.05, 3.63) is 57.8 Å². The van der Waals surface area contributed by atoms with Crippen molar-refractivity contribution in [3.63, 3.8) is 0 Å². The van der Waals surface area contributed by atoms with Gasteiger partial charge in [-0.2, -0.15) is 9.78 Å². The van der Waals surface area contributed by atoms with Crippen LogP contribution < -0.4 is 5.56 Å². The molecule has 1 fully saturated rings. The first-order valence-electron chi connectivity index (χ1n) is 7.79. The molecule has 3 rings (SSSR count). The highest BCUT2D eigenvalue weighted by Crippen LogP contribution is 2.12. The molecule has 0 radical (unpaired) electrons. The summed E-state index contributed by atoms with van der Waals surface area (Å²) in [5.74, 6) is -0.282. The molecule has 23 heavy (non-hydrogen) atoms. The summed E-state index contributed by atoms with van der Waals surface area (Å²) in [6.07, 6.45) is 1.63. The highest BCUT2D eigenvalue weighted by molar-refractivity contribution is 5.35. The van der Waals surface area contributed by atoms with Crippen LogP contribution >= 0.6 is 0 Å². The average molecular weight is 316 g/mol. The van der Waals surface area contributed by atoms with E-state index in [1.165, 1.54) is 10.7 Å². The van der Waals surface area contributed by atoms with Crippen LogP contribution in [0.4, 0.5) is 4.39 Å². The minimum atomic E-state index is -0.282. The largest absolute Gasteiger partial charge is 0.304 e. The van der Waals surface area contributed by atoms with Gasteiger partial charge in [0.15, 0.2) is 0 Å². The molecule has 1 aromatic heterocycles. The minimum absolute atomic E-state index is 0.141. The van der Waals surface area contributed by atoms with Crippen molar-refractivity contribution >= 4 is 0 Å². The fourth-order valence-electron chi connectivity index (χ4n) is 2.76. The number of nitrogens with zero attached hydrogens (tertiary/aromatic N) is 4. The van der Waals surface area contributed by atoms with E-state index < -0.39 is 0 Å². The van der Waals surface area contributed by atoms with E-state index in [1.807, 2.05) is 0 Å². The summed E-state index contributed by atoms with van der Waals surface area (Å²) in [7, 11) is 2.10. The van der Waals surface area contributed by atoms with E-state index in [-0.39, 0.29) is 11.4 Å². The first-order valence-corrected chi connectivity index (χ1v) is 7.79. The van der Waals surface area contributed by atoms with Crippen LogP contribution in [0.25, 0.3) is 5.69 Å².